The van der Waals surface area contributed by atoms with Crippen LogP contribution >= 0.6 is 11.6 Å². The first-order chi connectivity index (χ1) is 16.1. The van der Waals surface area contributed by atoms with Gasteiger partial charge in [0.25, 0.3) is 11.6 Å². The maximum atomic E-state index is 13.0. The molecule has 5 nitrogen and oxygen atoms in total. The Balaban J connectivity index is 1.29. The van der Waals surface area contributed by atoms with E-state index in [-0.39, 0.29) is 11.6 Å². The second-order valence-corrected chi connectivity index (χ2v) is 7.84. The van der Waals surface area contributed by atoms with Gasteiger partial charge in [0, 0.05) is 35.2 Å². The van der Waals surface area contributed by atoms with Gasteiger partial charge in [-0.1, -0.05) is 54.1 Å². The number of nitrogens with zero attached hydrogens (tertiary/aromatic N) is 1. The van der Waals surface area contributed by atoms with Crippen LogP contribution in [-0.2, 0) is 19.5 Å². The summed E-state index contributed by atoms with van der Waals surface area (Å²) in [6.45, 7) is -0.289. The second-order valence-electron chi connectivity index (χ2n) is 7.43. The van der Waals surface area contributed by atoms with Crippen LogP contribution in [-0.4, -0.2) is 16.6 Å². The van der Waals surface area contributed by atoms with E-state index in [0.717, 1.165) is 11.1 Å². The zero-order chi connectivity index (χ0) is 23.0. The first-order valence-electron chi connectivity index (χ1n) is 10.5. The van der Waals surface area contributed by atoms with Gasteiger partial charge in [0.15, 0.2) is 0 Å². The summed E-state index contributed by atoms with van der Waals surface area (Å²) in [5.74, 6) is 1.15. The zero-order valence-corrected chi connectivity index (χ0v) is 18.5. The fourth-order valence-electron chi connectivity index (χ4n) is 3.27. The number of H-pyrrole nitrogens is 1. The third-order valence-electron chi connectivity index (χ3n) is 5.03. The van der Waals surface area contributed by atoms with Crippen LogP contribution in [0.25, 0.3) is 0 Å². The molecule has 168 valence electrons. The smallest absolute Gasteiger partial charge is 0.296 e. The third-order valence-corrected chi connectivity index (χ3v) is 5.40. The van der Waals surface area contributed by atoms with Crippen LogP contribution in [0.3, 0.4) is 0 Å². The van der Waals surface area contributed by atoms with Crippen LogP contribution in [0, 0.1) is 0 Å². The van der Waals surface area contributed by atoms with E-state index in [2.05, 4.69) is 9.97 Å². The summed E-state index contributed by atoms with van der Waals surface area (Å²) in [5.41, 5.74) is 2.76. The van der Waals surface area contributed by atoms with Gasteiger partial charge < -0.3 is 14.5 Å². The highest BCUT2D eigenvalue weighted by Crippen LogP contribution is 2.27. The maximum Gasteiger partial charge on any atom is 0.296 e. The predicted octanol–water partition coefficient (Wildman–Crippen LogP) is 5.90. The molecule has 0 spiro atoms. The average Bonchev–Trinajstić information content (AvgIpc) is 2.84. The van der Waals surface area contributed by atoms with Gasteiger partial charge >= 0.3 is 0 Å². The molecule has 4 aromatic rings. The van der Waals surface area contributed by atoms with Crippen molar-refractivity contribution in [3.05, 3.63) is 117 Å². The number of aromatic amines is 1. The van der Waals surface area contributed by atoms with Crippen LogP contribution in [0.15, 0.2) is 83.8 Å². The summed E-state index contributed by atoms with van der Waals surface area (Å²) < 4.78 is 24.3. The Bertz CT molecular complexity index is 1260. The first-order valence-corrected chi connectivity index (χ1v) is 10.8. The van der Waals surface area contributed by atoms with Crippen molar-refractivity contribution in [2.75, 3.05) is 6.61 Å². The van der Waals surface area contributed by atoms with Crippen molar-refractivity contribution in [1.29, 1.82) is 0 Å². The Morgan fingerprint density at radius 3 is 2.39 bits per heavy atom. The molecule has 0 amide bonds. The average molecular weight is 465 g/mol. The minimum atomic E-state index is -0.648. The summed E-state index contributed by atoms with van der Waals surface area (Å²) in [7, 11) is 0. The minimum Gasteiger partial charge on any atom is -0.464 e. The second kappa shape index (κ2) is 10.8. The third kappa shape index (κ3) is 6.20. The highest BCUT2D eigenvalue weighted by molar-refractivity contribution is 6.31. The van der Waals surface area contributed by atoms with E-state index in [0.29, 0.717) is 47.1 Å². The van der Waals surface area contributed by atoms with Gasteiger partial charge in [-0.15, -0.1) is 0 Å². The van der Waals surface area contributed by atoms with Crippen LogP contribution in [0.2, 0.25) is 5.02 Å². The van der Waals surface area contributed by atoms with Crippen LogP contribution in [0.4, 0.5) is 4.39 Å². The van der Waals surface area contributed by atoms with E-state index < -0.39 is 6.67 Å². The van der Waals surface area contributed by atoms with Gasteiger partial charge in [0.2, 0.25) is 0 Å². The van der Waals surface area contributed by atoms with E-state index in [1.807, 2.05) is 54.6 Å². The molecule has 7 heteroatoms. The molecule has 0 saturated heterocycles. The molecule has 1 aromatic heterocycles. The molecule has 0 unspecified atom stereocenters. The first kappa shape index (κ1) is 22.6. The maximum absolute atomic E-state index is 13.0. The van der Waals surface area contributed by atoms with Gasteiger partial charge in [-0.2, -0.15) is 4.98 Å². The Morgan fingerprint density at radius 2 is 1.67 bits per heavy atom. The fraction of sp³-hybridized carbons (Fsp3) is 0.154. The zero-order valence-electron chi connectivity index (χ0n) is 17.8. The number of ether oxygens (including phenoxy) is 2. The van der Waals surface area contributed by atoms with E-state index in [1.165, 1.54) is 0 Å². The van der Waals surface area contributed by atoms with Crippen molar-refractivity contribution in [3.8, 4) is 17.5 Å². The van der Waals surface area contributed by atoms with Crippen LogP contribution < -0.4 is 15.0 Å². The number of hydrogen-bond acceptors (Lipinski definition) is 4. The van der Waals surface area contributed by atoms with Crippen molar-refractivity contribution in [2.24, 2.45) is 0 Å². The predicted molar refractivity (Wildman–Crippen MR) is 126 cm³/mol. The van der Waals surface area contributed by atoms with E-state index in [1.54, 1.807) is 24.4 Å². The van der Waals surface area contributed by atoms with Crippen LogP contribution in [0.5, 0.6) is 17.5 Å². The number of halogens is 2. The molecular formula is C26H22ClFN2O3. The van der Waals surface area contributed by atoms with Crippen molar-refractivity contribution in [1.82, 2.24) is 9.97 Å². The van der Waals surface area contributed by atoms with Gasteiger partial charge in [-0.3, -0.25) is 4.79 Å². The molecular weight excluding hydrogens is 443 g/mol. The number of benzene rings is 3. The highest BCUT2D eigenvalue weighted by atomic mass is 35.5. The molecule has 0 saturated carbocycles. The lowest BCUT2D eigenvalue weighted by molar-refractivity contribution is 0.295. The molecule has 0 radical (unpaired) electrons. The van der Waals surface area contributed by atoms with Gasteiger partial charge in [-0.25, -0.2) is 4.39 Å². The Hall–Kier alpha value is -3.64. The summed E-state index contributed by atoms with van der Waals surface area (Å²) in [6, 6.07) is 22.3. The molecule has 0 aliphatic heterocycles. The normalized spacial score (nSPS) is 10.7. The van der Waals surface area contributed by atoms with Gasteiger partial charge in [-0.05, 0) is 41.5 Å². The largest absolute Gasteiger partial charge is 0.464 e. The summed E-state index contributed by atoms with van der Waals surface area (Å²) >= 11 is 5.93. The minimum absolute atomic E-state index is 0.197. The Kier molecular flexibility index (Phi) is 7.37. The van der Waals surface area contributed by atoms with Crippen molar-refractivity contribution < 1.29 is 13.9 Å². The summed E-state index contributed by atoms with van der Waals surface area (Å²) in [6.07, 6.45) is 2.79. The number of alkyl halides is 1. The van der Waals surface area contributed by atoms with E-state index >= 15 is 0 Å². The molecule has 4 rings (SSSR count). The molecule has 0 aliphatic rings. The van der Waals surface area contributed by atoms with Crippen molar-refractivity contribution in [2.45, 2.75) is 19.5 Å². The van der Waals surface area contributed by atoms with Crippen LogP contribution in [0.1, 0.15) is 22.3 Å². The van der Waals surface area contributed by atoms with Gasteiger partial charge in [0.1, 0.15) is 18.2 Å². The lowest BCUT2D eigenvalue weighted by Crippen LogP contribution is -2.16. The molecule has 3 aromatic carbocycles. The molecule has 1 heterocycles. The molecule has 33 heavy (non-hydrogen) atoms. The standard InChI is InChI=1S/C26H22ClFN2O3/c27-24-11-10-23(15-20(24)16-28)33-22-8-6-18(7-9-22)12-13-32-26-29-17-21(25(31)30-26)14-19-4-2-1-3-5-19/h1-11,15,17H,12-14,16H2,(H,29,30,31). The number of hydrogen-bond donors (Lipinski definition) is 1. The molecule has 0 bridgehead atoms. The lowest BCUT2D eigenvalue weighted by atomic mass is 10.1. The fourth-order valence-corrected chi connectivity index (χ4v) is 3.43. The molecule has 0 fully saturated rings. The van der Waals surface area contributed by atoms with Crippen molar-refractivity contribution >= 4 is 11.6 Å². The van der Waals surface area contributed by atoms with Crippen molar-refractivity contribution in [3.63, 3.8) is 0 Å². The Labute approximate surface area is 195 Å². The molecule has 0 aliphatic carbocycles. The van der Waals surface area contributed by atoms with E-state index in [4.69, 9.17) is 21.1 Å². The Morgan fingerprint density at radius 1 is 0.909 bits per heavy atom. The van der Waals surface area contributed by atoms with Gasteiger partial charge in [0.05, 0.1) is 6.61 Å². The highest BCUT2D eigenvalue weighted by Gasteiger charge is 2.07. The molecule has 1 N–H and O–H groups in total. The molecule has 0 atom stereocenters. The number of rotatable bonds is 9. The SMILES string of the molecule is O=c1nc(OCCc2ccc(Oc3ccc(Cl)c(CF)c3)cc2)[nH]cc1Cc1ccccc1. The number of nitrogens with one attached hydrogen (secondary N) is 1. The van der Waals surface area contributed by atoms with E-state index in [9.17, 15) is 9.18 Å². The lowest BCUT2D eigenvalue weighted by Gasteiger charge is -2.09. The quantitative estimate of drug-likeness (QED) is 0.335. The summed E-state index contributed by atoms with van der Waals surface area (Å²) in [4.78, 5) is 19.2. The summed E-state index contributed by atoms with van der Waals surface area (Å²) in [5, 5.41) is 0.377. The topological polar surface area (TPSA) is 64.2 Å². The monoisotopic (exact) mass is 464 g/mol. The number of aromatic nitrogens is 2.